The lowest BCUT2D eigenvalue weighted by atomic mass is 10.1. The molecule has 1 heterocycles. The van der Waals surface area contributed by atoms with Gasteiger partial charge in [0.15, 0.2) is 5.76 Å². The van der Waals surface area contributed by atoms with Crippen LogP contribution in [0.15, 0.2) is 51.7 Å². The van der Waals surface area contributed by atoms with Crippen LogP contribution < -0.4 is 10.2 Å². The fourth-order valence-corrected chi connectivity index (χ4v) is 2.27. The second-order valence-electron chi connectivity index (χ2n) is 4.48. The van der Waals surface area contributed by atoms with Crippen LogP contribution in [-0.2, 0) is 0 Å². The third-order valence-electron chi connectivity index (χ3n) is 3.18. The molecule has 0 amide bonds. The highest BCUT2D eigenvalue weighted by atomic mass is 35.5. The number of aromatic hydroxyl groups is 1. The fraction of sp³-hybridized carbons (Fsp3) is 0.0625. The molecule has 0 aliphatic heterocycles. The van der Waals surface area contributed by atoms with E-state index in [1.54, 1.807) is 43.5 Å². The third kappa shape index (κ3) is 2.34. The van der Waals surface area contributed by atoms with Gasteiger partial charge in [0.05, 0.1) is 12.5 Å². The molecule has 0 unspecified atom stereocenters. The number of halogens is 1. The van der Waals surface area contributed by atoms with Crippen LogP contribution in [0.25, 0.3) is 22.3 Å². The summed E-state index contributed by atoms with van der Waals surface area (Å²) in [5.74, 6) is 0.362. The summed E-state index contributed by atoms with van der Waals surface area (Å²) in [4.78, 5) is 12.2. The first-order valence-electron chi connectivity index (χ1n) is 6.20. The molecule has 5 heteroatoms. The van der Waals surface area contributed by atoms with E-state index in [-0.39, 0.29) is 11.1 Å². The Kier molecular flexibility index (Phi) is 3.31. The maximum atomic E-state index is 12.2. The molecule has 4 nitrogen and oxygen atoms in total. The van der Waals surface area contributed by atoms with Gasteiger partial charge >= 0.3 is 0 Å². The van der Waals surface area contributed by atoms with Gasteiger partial charge in [0, 0.05) is 10.6 Å². The maximum absolute atomic E-state index is 12.2. The molecule has 2 aromatic carbocycles. The van der Waals surface area contributed by atoms with Crippen LogP contribution in [-0.4, -0.2) is 12.2 Å². The Morgan fingerprint density at radius 2 is 1.86 bits per heavy atom. The highest BCUT2D eigenvalue weighted by molar-refractivity contribution is 6.31. The molecule has 0 fully saturated rings. The van der Waals surface area contributed by atoms with E-state index in [1.165, 1.54) is 6.07 Å². The molecule has 0 aliphatic rings. The van der Waals surface area contributed by atoms with E-state index < -0.39 is 11.2 Å². The van der Waals surface area contributed by atoms with Gasteiger partial charge in [0.2, 0.25) is 11.2 Å². The van der Waals surface area contributed by atoms with E-state index in [0.29, 0.717) is 21.9 Å². The summed E-state index contributed by atoms with van der Waals surface area (Å²) in [5, 5.41) is 10.7. The zero-order chi connectivity index (χ0) is 15.0. The second-order valence-corrected chi connectivity index (χ2v) is 4.91. The van der Waals surface area contributed by atoms with Gasteiger partial charge in [-0.15, -0.1) is 0 Å². The minimum Gasteiger partial charge on any atom is -0.502 e. The van der Waals surface area contributed by atoms with Crippen LogP contribution in [0.5, 0.6) is 11.5 Å². The molecule has 0 atom stereocenters. The largest absolute Gasteiger partial charge is 0.502 e. The van der Waals surface area contributed by atoms with Crippen LogP contribution in [0.3, 0.4) is 0 Å². The van der Waals surface area contributed by atoms with E-state index in [9.17, 15) is 9.90 Å². The van der Waals surface area contributed by atoms with E-state index in [4.69, 9.17) is 20.8 Å². The summed E-state index contributed by atoms with van der Waals surface area (Å²) < 4.78 is 10.7. The molecule has 21 heavy (non-hydrogen) atoms. The lowest BCUT2D eigenvalue weighted by molar-refractivity contribution is 0.414. The molecule has 1 aromatic heterocycles. The van der Waals surface area contributed by atoms with Gasteiger partial charge in [-0.3, -0.25) is 4.79 Å². The SMILES string of the molecule is COc1ccc(-c2oc3ccc(Cl)cc3c(=O)c2O)cc1. The van der Waals surface area contributed by atoms with Gasteiger partial charge in [-0.25, -0.2) is 0 Å². The van der Waals surface area contributed by atoms with Crippen molar-refractivity contribution in [3.8, 4) is 22.8 Å². The first kappa shape index (κ1) is 13.5. The van der Waals surface area contributed by atoms with Gasteiger partial charge < -0.3 is 14.3 Å². The third-order valence-corrected chi connectivity index (χ3v) is 3.42. The lowest BCUT2D eigenvalue weighted by Gasteiger charge is -2.07. The first-order chi connectivity index (χ1) is 10.1. The summed E-state index contributed by atoms with van der Waals surface area (Å²) in [6.07, 6.45) is 0. The standard InChI is InChI=1S/C16H11ClO4/c1-20-11-5-2-9(3-6-11)16-15(19)14(18)12-8-10(17)4-7-13(12)21-16/h2-8,19H,1H3. The predicted molar refractivity (Wildman–Crippen MR) is 81.1 cm³/mol. The van der Waals surface area contributed by atoms with Gasteiger partial charge in [-0.1, -0.05) is 11.6 Å². The minimum absolute atomic E-state index is 0.123. The summed E-state index contributed by atoms with van der Waals surface area (Å²) in [6, 6.07) is 11.6. The zero-order valence-corrected chi connectivity index (χ0v) is 11.8. The number of rotatable bonds is 2. The number of hydrogen-bond donors (Lipinski definition) is 1. The Morgan fingerprint density at radius 3 is 2.52 bits per heavy atom. The zero-order valence-electron chi connectivity index (χ0n) is 11.1. The number of benzene rings is 2. The second kappa shape index (κ2) is 5.14. The first-order valence-corrected chi connectivity index (χ1v) is 6.57. The maximum Gasteiger partial charge on any atom is 0.235 e. The summed E-state index contributed by atoms with van der Waals surface area (Å²) in [7, 11) is 1.56. The summed E-state index contributed by atoms with van der Waals surface area (Å²) in [6.45, 7) is 0. The molecule has 0 spiro atoms. The van der Waals surface area contributed by atoms with E-state index in [1.807, 2.05) is 0 Å². The quantitative estimate of drug-likeness (QED) is 0.781. The van der Waals surface area contributed by atoms with Crippen LogP contribution in [0, 0.1) is 0 Å². The Balaban J connectivity index is 2.25. The normalized spacial score (nSPS) is 10.8. The highest BCUT2D eigenvalue weighted by Gasteiger charge is 2.15. The monoisotopic (exact) mass is 302 g/mol. The number of fused-ring (bicyclic) bond motifs is 1. The van der Waals surface area contributed by atoms with Crippen molar-refractivity contribution >= 4 is 22.6 Å². The molecule has 0 saturated carbocycles. The Hall–Kier alpha value is -2.46. The van der Waals surface area contributed by atoms with Gasteiger partial charge in [-0.05, 0) is 42.5 Å². The van der Waals surface area contributed by atoms with Crippen molar-refractivity contribution in [2.45, 2.75) is 0 Å². The molecule has 3 rings (SSSR count). The van der Waals surface area contributed by atoms with Gasteiger partial charge in [0.1, 0.15) is 11.3 Å². The molecule has 0 aliphatic carbocycles. The average molecular weight is 303 g/mol. The van der Waals surface area contributed by atoms with Crippen molar-refractivity contribution in [1.29, 1.82) is 0 Å². The van der Waals surface area contributed by atoms with E-state index in [0.717, 1.165) is 0 Å². The fourth-order valence-electron chi connectivity index (χ4n) is 2.10. The Morgan fingerprint density at radius 1 is 1.14 bits per heavy atom. The summed E-state index contributed by atoms with van der Waals surface area (Å²) >= 11 is 5.86. The molecular formula is C16H11ClO4. The molecule has 0 saturated heterocycles. The van der Waals surface area contributed by atoms with Crippen LogP contribution in [0.2, 0.25) is 5.02 Å². The number of ether oxygens (including phenoxy) is 1. The molecule has 0 radical (unpaired) electrons. The smallest absolute Gasteiger partial charge is 0.235 e. The molecular weight excluding hydrogens is 292 g/mol. The van der Waals surface area contributed by atoms with Crippen molar-refractivity contribution in [2.24, 2.45) is 0 Å². The predicted octanol–water partition coefficient (Wildman–Crippen LogP) is 3.83. The topological polar surface area (TPSA) is 59.7 Å². The van der Waals surface area contributed by atoms with Crippen molar-refractivity contribution < 1.29 is 14.3 Å². The Labute approximate surface area is 125 Å². The molecule has 1 N–H and O–H groups in total. The lowest BCUT2D eigenvalue weighted by Crippen LogP contribution is -2.02. The number of methoxy groups -OCH3 is 1. The van der Waals surface area contributed by atoms with Crippen molar-refractivity contribution in [3.05, 3.63) is 57.7 Å². The average Bonchev–Trinajstić information content (AvgIpc) is 2.51. The Bertz CT molecular complexity index is 866. The van der Waals surface area contributed by atoms with Gasteiger partial charge in [-0.2, -0.15) is 0 Å². The summed E-state index contributed by atoms with van der Waals surface area (Å²) in [5.41, 5.74) is 0.444. The molecule has 106 valence electrons. The van der Waals surface area contributed by atoms with E-state index in [2.05, 4.69) is 0 Å². The van der Waals surface area contributed by atoms with Crippen LogP contribution in [0.1, 0.15) is 0 Å². The molecule has 0 bridgehead atoms. The van der Waals surface area contributed by atoms with Gasteiger partial charge in [0.25, 0.3) is 0 Å². The van der Waals surface area contributed by atoms with Crippen molar-refractivity contribution in [1.82, 2.24) is 0 Å². The number of hydrogen-bond acceptors (Lipinski definition) is 4. The van der Waals surface area contributed by atoms with Crippen molar-refractivity contribution in [2.75, 3.05) is 7.11 Å². The van der Waals surface area contributed by atoms with Crippen LogP contribution >= 0.6 is 11.6 Å². The van der Waals surface area contributed by atoms with Crippen molar-refractivity contribution in [3.63, 3.8) is 0 Å². The van der Waals surface area contributed by atoms with E-state index >= 15 is 0 Å². The molecule has 3 aromatic rings. The van der Waals surface area contributed by atoms with Crippen LogP contribution in [0.4, 0.5) is 0 Å². The minimum atomic E-state index is -0.510. The highest BCUT2D eigenvalue weighted by Crippen LogP contribution is 2.31.